The average Bonchev–Trinajstić information content (AvgIpc) is 2.63. The second kappa shape index (κ2) is 3.91. The first-order valence-corrected chi connectivity index (χ1v) is 5.78. The van der Waals surface area contributed by atoms with E-state index in [-0.39, 0.29) is 5.41 Å². The van der Waals surface area contributed by atoms with Gasteiger partial charge < -0.3 is 5.73 Å². The largest absolute Gasteiger partial charge is 0.398 e. The molecule has 0 atom stereocenters. The molecule has 0 aliphatic heterocycles. The summed E-state index contributed by atoms with van der Waals surface area (Å²) in [5, 5.41) is 4.19. The number of hydrogen-bond donors (Lipinski definition) is 1. The van der Waals surface area contributed by atoms with Gasteiger partial charge in [0, 0.05) is 24.5 Å². The maximum atomic E-state index is 6.05. The van der Waals surface area contributed by atoms with Crippen molar-refractivity contribution in [2.24, 2.45) is 7.05 Å². The fourth-order valence-electron chi connectivity index (χ4n) is 1.88. The van der Waals surface area contributed by atoms with Crippen molar-refractivity contribution in [2.75, 3.05) is 5.73 Å². The third kappa shape index (κ3) is 2.18. The van der Waals surface area contributed by atoms with Gasteiger partial charge in [0.25, 0.3) is 0 Å². The Morgan fingerprint density at radius 3 is 2.41 bits per heavy atom. The van der Waals surface area contributed by atoms with Gasteiger partial charge in [0.15, 0.2) is 0 Å². The van der Waals surface area contributed by atoms with E-state index < -0.39 is 0 Å². The van der Waals surface area contributed by atoms with E-state index in [0.29, 0.717) is 0 Å². The molecule has 3 heteroatoms. The number of benzene rings is 1. The van der Waals surface area contributed by atoms with E-state index in [0.717, 1.165) is 16.9 Å². The molecular formula is C14H19N3. The van der Waals surface area contributed by atoms with Gasteiger partial charge in [-0.3, -0.25) is 4.68 Å². The zero-order valence-electron chi connectivity index (χ0n) is 10.9. The highest BCUT2D eigenvalue weighted by Gasteiger charge is 2.16. The molecule has 0 unspecified atom stereocenters. The molecule has 0 aliphatic rings. The number of anilines is 1. The Balaban J connectivity index is 2.58. The van der Waals surface area contributed by atoms with Crippen molar-refractivity contribution in [1.29, 1.82) is 0 Å². The molecule has 1 heterocycles. The Morgan fingerprint density at radius 2 is 1.88 bits per heavy atom. The first-order valence-electron chi connectivity index (χ1n) is 5.78. The molecule has 0 aliphatic carbocycles. The molecule has 0 bridgehead atoms. The van der Waals surface area contributed by atoms with Gasteiger partial charge in [0.2, 0.25) is 0 Å². The van der Waals surface area contributed by atoms with Crippen LogP contribution in [0.4, 0.5) is 5.69 Å². The Kier molecular flexibility index (Phi) is 2.69. The third-order valence-electron chi connectivity index (χ3n) is 3.02. The van der Waals surface area contributed by atoms with Crippen molar-refractivity contribution in [3.8, 4) is 11.3 Å². The van der Waals surface area contributed by atoms with Crippen molar-refractivity contribution in [1.82, 2.24) is 9.78 Å². The second-order valence-corrected chi connectivity index (χ2v) is 5.39. The first-order chi connectivity index (χ1) is 7.89. The molecule has 90 valence electrons. The first kappa shape index (κ1) is 11.7. The van der Waals surface area contributed by atoms with Crippen molar-refractivity contribution in [3.05, 3.63) is 36.0 Å². The fourth-order valence-corrected chi connectivity index (χ4v) is 1.88. The highest BCUT2D eigenvalue weighted by Crippen LogP contribution is 2.31. The molecule has 2 aromatic rings. The minimum atomic E-state index is 0.126. The van der Waals surface area contributed by atoms with Crippen LogP contribution < -0.4 is 5.73 Å². The number of nitrogen functional groups attached to an aromatic ring is 1. The monoisotopic (exact) mass is 229 g/mol. The summed E-state index contributed by atoms with van der Waals surface area (Å²) in [6, 6.07) is 8.21. The van der Waals surface area contributed by atoms with Crippen molar-refractivity contribution < 1.29 is 0 Å². The van der Waals surface area contributed by atoms with Gasteiger partial charge in [-0.1, -0.05) is 26.8 Å². The summed E-state index contributed by atoms with van der Waals surface area (Å²) >= 11 is 0. The predicted octanol–water partition coefficient (Wildman–Crippen LogP) is 2.97. The maximum absolute atomic E-state index is 6.05. The van der Waals surface area contributed by atoms with E-state index in [4.69, 9.17) is 5.73 Å². The topological polar surface area (TPSA) is 43.8 Å². The molecule has 3 nitrogen and oxygen atoms in total. The van der Waals surface area contributed by atoms with Crippen molar-refractivity contribution in [3.63, 3.8) is 0 Å². The number of nitrogens with zero attached hydrogens (tertiary/aromatic N) is 2. The average molecular weight is 229 g/mol. The minimum absolute atomic E-state index is 0.126. The van der Waals surface area contributed by atoms with Crippen molar-refractivity contribution >= 4 is 5.69 Å². The summed E-state index contributed by atoms with van der Waals surface area (Å²) in [6.07, 6.45) is 1.79. The van der Waals surface area contributed by atoms with Gasteiger partial charge >= 0.3 is 0 Å². The quantitative estimate of drug-likeness (QED) is 0.764. The Labute approximate surface area is 102 Å². The van der Waals surface area contributed by atoms with E-state index >= 15 is 0 Å². The zero-order valence-corrected chi connectivity index (χ0v) is 10.9. The van der Waals surface area contributed by atoms with Gasteiger partial charge in [0.05, 0.1) is 5.69 Å². The fraction of sp³-hybridized carbons (Fsp3) is 0.357. The third-order valence-corrected chi connectivity index (χ3v) is 3.02. The summed E-state index contributed by atoms with van der Waals surface area (Å²) in [7, 11) is 1.93. The predicted molar refractivity (Wildman–Crippen MR) is 71.8 cm³/mol. The Bertz CT molecular complexity index is 533. The van der Waals surface area contributed by atoms with Crippen LogP contribution in [0.1, 0.15) is 26.3 Å². The molecule has 0 saturated carbocycles. The summed E-state index contributed by atoms with van der Waals surface area (Å²) in [5.74, 6) is 0. The van der Waals surface area contributed by atoms with Crippen LogP contribution in [0.3, 0.4) is 0 Å². The summed E-state index contributed by atoms with van der Waals surface area (Å²) < 4.78 is 1.85. The molecule has 17 heavy (non-hydrogen) atoms. The van der Waals surface area contributed by atoms with Crippen LogP contribution in [0.2, 0.25) is 0 Å². The van der Waals surface area contributed by atoms with E-state index in [9.17, 15) is 0 Å². The smallest absolute Gasteiger partial charge is 0.0699 e. The standard InChI is InChI=1S/C14H19N3/c1-14(2,3)10-5-6-12(15)11(9-10)13-7-8-16-17(13)4/h5-9H,15H2,1-4H3. The van der Waals surface area contributed by atoms with Gasteiger partial charge in [-0.05, 0) is 29.2 Å². The molecule has 0 spiro atoms. The van der Waals surface area contributed by atoms with Crippen molar-refractivity contribution in [2.45, 2.75) is 26.2 Å². The van der Waals surface area contributed by atoms with Gasteiger partial charge in [-0.2, -0.15) is 5.10 Å². The highest BCUT2D eigenvalue weighted by atomic mass is 15.3. The van der Waals surface area contributed by atoms with Crippen LogP contribution in [-0.2, 0) is 12.5 Å². The number of aromatic nitrogens is 2. The lowest BCUT2D eigenvalue weighted by atomic mass is 9.85. The second-order valence-electron chi connectivity index (χ2n) is 5.39. The van der Waals surface area contributed by atoms with E-state index in [1.54, 1.807) is 6.20 Å². The summed E-state index contributed by atoms with van der Waals surface area (Å²) in [6.45, 7) is 6.60. The van der Waals surface area contributed by atoms with E-state index in [1.165, 1.54) is 5.56 Å². The zero-order chi connectivity index (χ0) is 12.6. The lowest BCUT2D eigenvalue weighted by Crippen LogP contribution is -2.11. The van der Waals surface area contributed by atoms with Crippen LogP contribution in [0.15, 0.2) is 30.5 Å². The Morgan fingerprint density at radius 1 is 1.18 bits per heavy atom. The molecule has 1 aromatic heterocycles. The number of hydrogen-bond acceptors (Lipinski definition) is 2. The van der Waals surface area contributed by atoms with E-state index in [2.05, 4.69) is 38.0 Å². The maximum Gasteiger partial charge on any atom is 0.0699 e. The number of rotatable bonds is 1. The summed E-state index contributed by atoms with van der Waals surface area (Å²) in [5.41, 5.74) is 10.4. The lowest BCUT2D eigenvalue weighted by molar-refractivity contribution is 0.590. The van der Waals surface area contributed by atoms with Gasteiger partial charge in [-0.25, -0.2) is 0 Å². The molecule has 0 amide bonds. The number of aryl methyl sites for hydroxylation is 1. The van der Waals surface area contributed by atoms with Crippen LogP contribution in [0, 0.1) is 0 Å². The number of nitrogens with two attached hydrogens (primary N) is 1. The lowest BCUT2D eigenvalue weighted by Gasteiger charge is -2.20. The molecule has 1 aromatic carbocycles. The van der Waals surface area contributed by atoms with Crippen LogP contribution in [0.5, 0.6) is 0 Å². The molecule has 0 radical (unpaired) electrons. The van der Waals surface area contributed by atoms with Gasteiger partial charge in [0.1, 0.15) is 0 Å². The molecular weight excluding hydrogens is 210 g/mol. The summed E-state index contributed by atoms with van der Waals surface area (Å²) in [4.78, 5) is 0. The molecule has 0 fully saturated rings. The van der Waals surface area contributed by atoms with Crippen LogP contribution in [0.25, 0.3) is 11.3 Å². The van der Waals surface area contributed by atoms with E-state index in [1.807, 2.05) is 23.9 Å². The Hall–Kier alpha value is -1.77. The molecule has 2 N–H and O–H groups in total. The minimum Gasteiger partial charge on any atom is -0.398 e. The normalized spacial score (nSPS) is 11.8. The highest BCUT2D eigenvalue weighted by molar-refractivity contribution is 5.74. The molecule has 2 rings (SSSR count). The SMILES string of the molecule is Cn1nccc1-c1cc(C(C)(C)C)ccc1N. The van der Waals surface area contributed by atoms with Gasteiger partial charge in [-0.15, -0.1) is 0 Å². The molecule has 0 saturated heterocycles. The van der Waals surface area contributed by atoms with Crippen LogP contribution >= 0.6 is 0 Å². The van der Waals surface area contributed by atoms with Crippen LogP contribution in [-0.4, -0.2) is 9.78 Å².